The minimum absolute atomic E-state index is 0. The number of benzene rings is 1. The molecule has 1 atom stereocenters. The lowest BCUT2D eigenvalue weighted by Crippen LogP contribution is -2.48. The number of piperazine rings is 1. The number of rotatable bonds is 7. The van der Waals surface area contributed by atoms with E-state index in [1.54, 1.807) is 23.5 Å². The number of fused-ring (bicyclic) bond motifs is 1. The van der Waals surface area contributed by atoms with Crippen LogP contribution in [0.3, 0.4) is 0 Å². The van der Waals surface area contributed by atoms with E-state index < -0.39 is 0 Å². The van der Waals surface area contributed by atoms with Crippen LogP contribution in [0, 0.1) is 11.7 Å². The summed E-state index contributed by atoms with van der Waals surface area (Å²) in [5.41, 5.74) is 1.54. The first-order valence-electron chi connectivity index (χ1n) is 10.4. The molecule has 0 spiro atoms. The molecule has 1 aliphatic carbocycles. The molecule has 1 unspecified atom stereocenters. The Kier molecular flexibility index (Phi) is 8.17. The fraction of sp³-hybridized carbons (Fsp3) is 0.478. The normalized spacial score (nSPS) is 19.9. The third kappa shape index (κ3) is 5.76. The lowest BCUT2D eigenvalue weighted by Gasteiger charge is -2.37. The molecule has 2 heterocycles. The Bertz CT molecular complexity index is 862. The second-order valence-corrected chi connectivity index (χ2v) is 9.13. The number of thiophene rings is 1. The van der Waals surface area contributed by atoms with E-state index in [-0.39, 0.29) is 24.0 Å². The second-order valence-electron chi connectivity index (χ2n) is 8.13. The number of ketones is 2. The van der Waals surface area contributed by atoms with Crippen LogP contribution in [0.1, 0.15) is 44.9 Å². The topological polar surface area (TPSA) is 40.6 Å². The highest BCUT2D eigenvalue weighted by molar-refractivity contribution is 7.10. The van der Waals surface area contributed by atoms with Gasteiger partial charge >= 0.3 is 0 Å². The lowest BCUT2D eigenvalue weighted by atomic mass is 9.87. The fourth-order valence-corrected chi connectivity index (χ4v) is 5.40. The number of carbonyl (C=O) groups is 2. The van der Waals surface area contributed by atoms with Crippen molar-refractivity contribution in [1.82, 2.24) is 9.80 Å². The Morgan fingerprint density at radius 1 is 1.03 bits per heavy atom. The Balaban J connectivity index is 0.00000256. The summed E-state index contributed by atoms with van der Waals surface area (Å²) < 4.78 is 13.0. The van der Waals surface area contributed by atoms with Gasteiger partial charge in [-0.25, -0.2) is 4.39 Å². The summed E-state index contributed by atoms with van der Waals surface area (Å²) in [4.78, 5) is 30.6. The van der Waals surface area contributed by atoms with Gasteiger partial charge in [0.1, 0.15) is 5.82 Å². The van der Waals surface area contributed by atoms with E-state index >= 15 is 0 Å². The smallest absolute Gasteiger partial charge is 0.164 e. The van der Waals surface area contributed by atoms with E-state index in [0.29, 0.717) is 30.1 Å². The highest BCUT2D eigenvalue weighted by Gasteiger charge is 2.28. The molecule has 162 valence electrons. The van der Waals surface area contributed by atoms with Gasteiger partial charge in [0.25, 0.3) is 0 Å². The van der Waals surface area contributed by atoms with Gasteiger partial charge < -0.3 is 9.80 Å². The Morgan fingerprint density at radius 3 is 2.47 bits per heavy atom. The van der Waals surface area contributed by atoms with Crippen LogP contribution >= 0.6 is 23.7 Å². The number of Topliss-reactive ketones (excluding diaryl/α,β-unsaturated/α-hetero) is 2. The number of carbonyl (C=O) groups excluding carboxylic acids is 2. The van der Waals surface area contributed by atoms with Gasteiger partial charge in [0, 0.05) is 61.6 Å². The maximum atomic E-state index is 13.0. The fourth-order valence-electron chi connectivity index (χ4n) is 4.39. The Hall–Kier alpha value is -1.60. The third-order valence-corrected chi connectivity index (χ3v) is 6.96. The van der Waals surface area contributed by atoms with Gasteiger partial charge in [-0.3, -0.25) is 9.59 Å². The van der Waals surface area contributed by atoms with Crippen LogP contribution in [-0.2, 0) is 6.42 Å². The molecule has 4 nitrogen and oxygen atoms in total. The van der Waals surface area contributed by atoms with Crippen LogP contribution in [0.25, 0.3) is 0 Å². The van der Waals surface area contributed by atoms with Crippen LogP contribution < -0.4 is 0 Å². The van der Waals surface area contributed by atoms with Crippen molar-refractivity contribution < 1.29 is 14.0 Å². The van der Waals surface area contributed by atoms with Crippen LogP contribution in [-0.4, -0.2) is 60.6 Å². The standard InChI is InChI=1S/C23H27FN2O2S.ClH/c24-19-5-3-18(4-6-19)21(27)2-1-8-25-9-11-26(12-10-25)16-17-14-22(28)20-7-13-29-23(20)15-17;/h3-7,13,17H,1-2,8-12,14-16H2;1H. The van der Waals surface area contributed by atoms with Crippen molar-refractivity contribution in [2.45, 2.75) is 25.7 Å². The summed E-state index contributed by atoms with van der Waals surface area (Å²) in [7, 11) is 0. The maximum absolute atomic E-state index is 13.0. The molecule has 1 aromatic heterocycles. The summed E-state index contributed by atoms with van der Waals surface area (Å²) in [6.45, 7) is 5.98. The molecular weight excluding hydrogens is 423 g/mol. The minimum Gasteiger partial charge on any atom is -0.301 e. The van der Waals surface area contributed by atoms with Crippen molar-refractivity contribution in [3.63, 3.8) is 0 Å². The zero-order valence-electron chi connectivity index (χ0n) is 17.0. The summed E-state index contributed by atoms with van der Waals surface area (Å²) in [6, 6.07) is 7.77. The molecule has 0 N–H and O–H groups in total. The monoisotopic (exact) mass is 450 g/mol. The van der Waals surface area contributed by atoms with Gasteiger partial charge in [-0.05, 0) is 61.0 Å². The Morgan fingerprint density at radius 2 is 1.73 bits per heavy atom. The third-order valence-electron chi connectivity index (χ3n) is 6.02. The van der Waals surface area contributed by atoms with E-state index in [1.165, 1.54) is 17.0 Å². The summed E-state index contributed by atoms with van der Waals surface area (Å²) >= 11 is 1.71. The SMILES string of the molecule is Cl.O=C(CCCN1CCN(CC2CC(=O)c3ccsc3C2)CC1)c1ccc(F)cc1. The van der Waals surface area contributed by atoms with E-state index in [1.807, 2.05) is 11.4 Å². The van der Waals surface area contributed by atoms with E-state index in [0.717, 1.165) is 57.7 Å². The average Bonchev–Trinajstić information content (AvgIpc) is 3.19. The predicted octanol–water partition coefficient (Wildman–Crippen LogP) is 4.33. The molecule has 0 amide bonds. The van der Waals surface area contributed by atoms with Gasteiger partial charge in [-0.2, -0.15) is 0 Å². The first kappa shape index (κ1) is 23.1. The first-order valence-corrected chi connectivity index (χ1v) is 11.3. The van der Waals surface area contributed by atoms with E-state index in [4.69, 9.17) is 0 Å². The van der Waals surface area contributed by atoms with Crippen molar-refractivity contribution in [3.8, 4) is 0 Å². The summed E-state index contributed by atoms with van der Waals surface area (Å²) in [6.07, 6.45) is 3.04. The second kappa shape index (κ2) is 10.6. The highest BCUT2D eigenvalue weighted by Crippen LogP contribution is 2.30. The lowest BCUT2D eigenvalue weighted by molar-refractivity contribution is 0.0873. The number of nitrogens with zero attached hydrogens (tertiary/aromatic N) is 2. The van der Waals surface area contributed by atoms with Gasteiger partial charge in [-0.15, -0.1) is 23.7 Å². The first-order chi connectivity index (χ1) is 14.1. The zero-order valence-corrected chi connectivity index (χ0v) is 18.7. The summed E-state index contributed by atoms with van der Waals surface area (Å²) in [5.74, 6) is 0.516. The molecule has 1 saturated heterocycles. The zero-order chi connectivity index (χ0) is 20.2. The molecule has 0 radical (unpaired) electrons. The molecule has 0 saturated carbocycles. The molecule has 4 rings (SSSR count). The van der Waals surface area contributed by atoms with E-state index in [9.17, 15) is 14.0 Å². The largest absolute Gasteiger partial charge is 0.301 e. The van der Waals surface area contributed by atoms with Crippen molar-refractivity contribution in [1.29, 1.82) is 0 Å². The predicted molar refractivity (Wildman–Crippen MR) is 121 cm³/mol. The average molecular weight is 451 g/mol. The highest BCUT2D eigenvalue weighted by atomic mass is 35.5. The quantitative estimate of drug-likeness (QED) is 0.588. The molecule has 2 aromatic rings. The van der Waals surface area contributed by atoms with Crippen LogP contribution in [0.4, 0.5) is 4.39 Å². The minimum atomic E-state index is -0.312. The molecule has 2 aliphatic rings. The van der Waals surface area contributed by atoms with Crippen molar-refractivity contribution in [3.05, 3.63) is 57.5 Å². The van der Waals surface area contributed by atoms with Crippen molar-refractivity contribution in [2.75, 3.05) is 39.3 Å². The van der Waals surface area contributed by atoms with Gasteiger partial charge in [0.2, 0.25) is 0 Å². The number of hydrogen-bond acceptors (Lipinski definition) is 5. The van der Waals surface area contributed by atoms with Crippen molar-refractivity contribution in [2.24, 2.45) is 5.92 Å². The van der Waals surface area contributed by atoms with Gasteiger partial charge in [0.15, 0.2) is 11.6 Å². The van der Waals surface area contributed by atoms with Crippen molar-refractivity contribution >= 4 is 35.3 Å². The number of halogens is 2. The number of hydrogen-bond donors (Lipinski definition) is 0. The molecule has 7 heteroatoms. The Labute approximate surface area is 187 Å². The van der Waals surface area contributed by atoms with Gasteiger partial charge in [0.05, 0.1) is 0 Å². The molecular formula is C23H28ClFN2O2S. The van der Waals surface area contributed by atoms with E-state index in [2.05, 4.69) is 9.80 Å². The molecule has 1 fully saturated rings. The summed E-state index contributed by atoms with van der Waals surface area (Å²) in [5, 5.41) is 2.03. The molecule has 0 bridgehead atoms. The maximum Gasteiger partial charge on any atom is 0.164 e. The van der Waals surface area contributed by atoms with Crippen LogP contribution in [0.15, 0.2) is 35.7 Å². The van der Waals surface area contributed by atoms with Crippen LogP contribution in [0.5, 0.6) is 0 Å². The molecule has 1 aliphatic heterocycles. The van der Waals surface area contributed by atoms with Gasteiger partial charge in [-0.1, -0.05) is 0 Å². The molecule has 30 heavy (non-hydrogen) atoms. The molecule has 1 aromatic carbocycles. The van der Waals surface area contributed by atoms with Crippen LogP contribution in [0.2, 0.25) is 0 Å².